The van der Waals surface area contributed by atoms with Gasteiger partial charge < -0.3 is 29.5 Å². The van der Waals surface area contributed by atoms with Crippen LogP contribution in [-0.4, -0.2) is 74.2 Å². The van der Waals surface area contributed by atoms with Crippen LogP contribution in [0.25, 0.3) is 0 Å². The molecular formula is C10H12Cl4O8. The van der Waals surface area contributed by atoms with Gasteiger partial charge in [-0.15, -0.1) is 0 Å². The van der Waals surface area contributed by atoms with Gasteiger partial charge >= 0.3 is 11.9 Å². The standard InChI is InChI=1S/C10H12Cl4O8/c11-6(12)9(18)21-4-3(16)2(1-15)20-8(17)5(4)22-10(19)7(13)14/h2-8,15-17H,1H2/t2-,3-,4+,5-,8-/m1/s1. The fraction of sp³-hybridized carbons (Fsp3) is 0.800. The Bertz CT molecular complexity index is 406. The summed E-state index contributed by atoms with van der Waals surface area (Å²) in [4.78, 5) is 19.7. The van der Waals surface area contributed by atoms with Crippen LogP contribution in [0, 0.1) is 0 Å². The number of hydrogen-bond acceptors (Lipinski definition) is 8. The van der Waals surface area contributed by atoms with Gasteiger partial charge in [-0.1, -0.05) is 46.4 Å². The van der Waals surface area contributed by atoms with E-state index in [0.29, 0.717) is 0 Å². The monoisotopic (exact) mass is 400 g/mol. The zero-order valence-electron chi connectivity index (χ0n) is 10.6. The molecule has 5 atom stereocenters. The van der Waals surface area contributed by atoms with Crippen LogP contribution >= 0.6 is 46.4 Å². The molecule has 0 aromatic carbocycles. The highest BCUT2D eigenvalue weighted by molar-refractivity contribution is 6.53. The van der Waals surface area contributed by atoms with E-state index in [4.69, 9.17) is 65.7 Å². The number of carbonyl (C=O) groups is 2. The van der Waals surface area contributed by atoms with E-state index in [1.165, 1.54) is 0 Å². The van der Waals surface area contributed by atoms with Crippen molar-refractivity contribution < 1.29 is 39.1 Å². The minimum Gasteiger partial charge on any atom is -0.453 e. The molecule has 0 saturated carbocycles. The molecule has 0 spiro atoms. The maximum atomic E-state index is 11.4. The van der Waals surface area contributed by atoms with Gasteiger partial charge in [0.05, 0.1) is 6.61 Å². The van der Waals surface area contributed by atoms with Crippen molar-refractivity contribution in [1.82, 2.24) is 0 Å². The van der Waals surface area contributed by atoms with Crippen LogP contribution in [-0.2, 0) is 23.8 Å². The summed E-state index contributed by atoms with van der Waals surface area (Å²) in [7, 11) is 0. The largest absolute Gasteiger partial charge is 0.453 e. The van der Waals surface area contributed by atoms with Crippen molar-refractivity contribution in [1.29, 1.82) is 0 Å². The van der Waals surface area contributed by atoms with E-state index < -0.39 is 58.9 Å². The van der Waals surface area contributed by atoms with Crippen LogP contribution in [0.4, 0.5) is 0 Å². The molecular weight excluding hydrogens is 390 g/mol. The van der Waals surface area contributed by atoms with E-state index in [2.05, 4.69) is 0 Å². The zero-order chi connectivity index (χ0) is 17.0. The summed E-state index contributed by atoms with van der Waals surface area (Å²) in [6.07, 6.45) is -8.01. The number of aliphatic hydroxyl groups excluding tert-OH is 3. The van der Waals surface area contributed by atoms with Crippen LogP contribution in [0.2, 0.25) is 0 Å². The summed E-state index contributed by atoms with van der Waals surface area (Å²) in [6, 6.07) is 0. The van der Waals surface area contributed by atoms with Gasteiger partial charge in [-0.25, -0.2) is 9.59 Å². The van der Waals surface area contributed by atoms with Crippen molar-refractivity contribution in [3.8, 4) is 0 Å². The molecule has 1 aliphatic rings. The normalized spacial score (nSPS) is 32.1. The van der Waals surface area contributed by atoms with Crippen LogP contribution in [0.1, 0.15) is 0 Å². The first kappa shape index (κ1) is 20.0. The lowest BCUT2D eigenvalue weighted by molar-refractivity contribution is -0.293. The minimum atomic E-state index is -1.82. The number of carbonyl (C=O) groups excluding carboxylic acids is 2. The molecule has 8 nitrogen and oxygen atoms in total. The number of ether oxygens (including phenoxy) is 3. The smallest absolute Gasteiger partial charge is 0.340 e. The van der Waals surface area contributed by atoms with E-state index >= 15 is 0 Å². The Kier molecular flexibility index (Phi) is 7.90. The first-order chi connectivity index (χ1) is 10.2. The first-order valence-corrected chi connectivity index (χ1v) is 7.53. The molecule has 0 unspecified atom stereocenters. The maximum absolute atomic E-state index is 11.4. The minimum absolute atomic E-state index is 0.703. The average molecular weight is 402 g/mol. The second-order valence-electron chi connectivity index (χ2n) is 4.14. The lowest BCUT2D eigenvalue weighted by Gasteiger charge is -2.41. The number of hydrogen-bond donors (Lipinski definition) is 3. The average Bonchev–Trinajstić information content (AvgIpc) is 2.45. The summed E-state index contributed by atoms with van der Waals surface area (Å²) in [5.74, 6) is -2.33. The zero-order valence-corrected chi connectivity index (χ0v) is 13.7. The number of esters is 2. The topological polar surface area (TPSA) is 123 Å². The summed E-state index contributed by atoms with van der Waals surface area (Å²) in [5.41, 5.74) is 0. The Balaban J connectivity index is 2.96. The predicted octanol–water partition coefficient (Wildman–Crippen LogP) is -0.512. The van der Waals surface area contributed by atoms with E-state index in [1.807, 2.05) is 0 Å². The fourth-order valence-electron chi connectivity index (χ4n) is 1.69. The third kappa shape index (κ3) is 4.97. The first-order valence-electron chi connectivity index (χ1n) is 5.78. The van der Waals surface area contributed by atoms with Crippen molar-refractivity contribution in [3.05, 3.63) is 0 Å². The van der Waals surface area contributed by atoms with Gasteiger partial charge in [0.1, 0.15) is 12.2 Å². The molecule has 0 amide bonds. The van der Waals surface area contributed by atoms with Gasteiger partial charge in [0.15, 0.2) is 18.5 Å². The van der Waals surface area contributed by atoms with Crippen LogP contribution in [0.15, 0.2) is 0 Å². The van der Waals surface area contributed by atoms with Crippen molar-refractivity contribution >= 4 is 58.3 Å². The SMILES string of the molecule is O=C(O[C@@H]1[C@@H](OC(=O)C(Cl)Cl)[C@H](O)[C@@H](CO)O[C@H]1O)C(Cl)Cl. The fourth-order valence-corrected chi connectivity index (χ4v) is 1.90. The lowest BCUT2D eigenvalue weighted by atomic mass is 9.99. The second kappa shape index (κ2) is 8.70. The molecule has 1 saturated heterocycles. The van der Waals surface area contributed by atoms with Gasteiger partial charge in [0, 0.05) is 0 Å². The van der Waals surface area contributed by atoms with Gasteiger partial charge in [-0.05, 0) is 0 Å². The second-order valence-corrected chi connectivity index (χ2v) is 6.34. The maximum Gasteiger partial charge on any atom is 0.340 e. The Morgan fingerprint density at radius 3 is 1.86 bits per heavy atom. The molecule has 3 N–H and O–H groups in total. The Hall–Kier alpha value is -0.0600. The molecule has 1 rings (SSSR count). The quantitative estimate of drug-likeness (QED) is 0.415. The van der Waals surface area contributed by atoms with Crippen LogP contribution in [0.5, 0.6) is 0 Å². The van der Waals surface area contributed by atoms with Gasteiger partial charge in [0.25, 0.3) is 0 Å². The molecule has 0 aliphatic carbocycles. The number of halogens is 4. The number of alkyl halides is 4. The number of rotatable bonds is 5. The van der Waals surface area contributed by atoms with Crippen LogP contribution < -0.4 is 0 Å². The molecule has 0 aromatic heterocycles. The van der Waals surface area contributed by atoms with Crippen molar-refractivity contribution in [3.63, 3.8) is 0 Å². The third-order valence-electron chi connectivity index (χ3n) is 2.68. The summed E-state index contributed by atoms with van der Waals surface area (Å²) in [6.45, 7) is -0.703. The molecule has 0 radical (unpaired) electrons. The van der Waals surface area contributed by atoms with Gasteiger partial charge in [-0.2, -0.15) is 0 Å². The third-order valence-corrected chi connectivity index (χ3v) is 3.39. The molecule has 12 heteroatoms. The highest BCUT2D eigenvalue weighted by Crippen LogP contribution is 2.26. The van der Waals surface area contributed by atoms with E-state index in [9.17, 15) is 19.8 Å². The van der Waals surface area contributed by atoms with E-state index in [0.717, 1.165) is 0 Å². The highest BCUT2D eigenvalue weighted by atomic mass is 35.5. The Morgan fingerprint density at radius 2 is 1.45 bits per heavy atom. The molecule has 0 aromatic rings. The summed E-state index contributed by atoms with van der Waals surface area (Å²) < 4.78 is 14.4. The molecule has 22 heavy (non-hydrogen) atoms. The van der Waals surface area contributed by atoms with Gasteiger partial charge in [-0.3, -0.25) is 0 Å². The van der Waals surface area contributed by atoms with Crippen LogP contribution in [0.3, 0.4) is 0 Å². The van der Waals surface area contributed by atoms with E-state index in [-0.39, 0.29) is 0 Å². The van der Waals surface area contributed by atoms with Gasteiger partial charge in [0.2, 0.25) is 9.67 Å². The molecule has 1 fully saturated rings. The molecule has 1 heterocycles. The summed E-state index contributed by atoms with van der Waals surface area (Å²) >= 11 is 21.3. The predicted molar refractivity (Wildman–Crippen MR) is 74.7 cm³/mol. The summed E-state index contributed by atoms with van der Waals surface area (Å²) in [5, 5.41) is 28.8. The van der Waals surface area contributed by atoms with Crippen molar-refractivity contribution in [2.75, 3.05) is 6.61 Å². The lowest BCUT2D eigenvalue weighted by Crippen LogP contribution is -2.61. The number of aliphatic hydroxyl groups is 3. The molecule has 1 aliphatic heterocycles. The van der Waals surface area contributed by atoms with E-state index in [1.54, 1.807) is 0 Å². The highest BCUT2D eigenvalue weighted by Gasteiger charge is 2.49. The van der Waals surface area contributed by atoms with Crippen molar-refractivity contribution in [2.24, 2.45) is 0 Å². The Labute approximate surface area is 144 Å². The molecule has 0 bridgehead atoms. The Morgan fingerprint density at radius 1 is 1.00 bits per heavy atom. The molecule has 128 valence electrons. The van der Waals surface area contributed by atoms with Crippen molar-refractivity contribution in [2.45, 2.75) is 40.4 Å².